The van der Waals surface area contributed by atoms with Crippen LogP contribution in [0.25, 0.3) is 0 Å². The highest BCUT2D eigenvalue weighted by Gasteiger charge is 2.53. The Labute approximate surface area is 134 Å². The zero-order valence-electron chi connectivity index (χ0n) is 12.2. The average molecular weight is 370 g/mol. The number of hydrogen-bond donors (Lipinski definition) is 2. The van der Waals surface area contributed by atoms with E-state index in [0.29, 0.717) is 4.90 Å². The van der Waals surface area contributed by atoms with Gasteiger partial charge in [-0.3, -0.25) is 9.59 Å². The summed E-state index contributed by atoms with van der Waals surface area (Å²) in [5.74, 6) is -7.15. The van der Waals surface area contributed by atoms with Crippen LogP contribution in [-0.4, -0.2) is 56.6 Å². The zero-order chi connectivity index (χ0) is 18.3. The molecule has 12 heteroatoms. The third-order valence-electron chi connectivity index (χ3n) is 3.67. The third-order valence-corrected chi connectivity index (χ3v) is 4.96. The predicted octanol–water partition coefficient (Wildman–Crippen LogP) is 0.523. The van der Waals surface area contributed by atoms with Gasteiger partial charge in [-0.1, -0.05) is 0 Å². The van der Waals surface area contributed by atoms with Crippen molar-refractivity contribution in [3.8, 4) is 0 Å². The van der Waals surface area contributed by atoms with Crippen molar-refractivity contribution in [1.82, 2.24) is 9.62 Å². The molecule has 0 aliphatic carbocycles. The van der Waals surface area contributed by atoms with Crippen LogP contribution in [0.2, 0.25) is 0 Å². The van der Waals surface area contributed by atoms with E-state index in [-0.39, 0.29) is 0 Å². The minimum Gasteiger partial charge on any atom is -0.481 e. The maximum Gasteiger partial charge on any atom is 0.394 e. The number of rotatable bonds is 4. The second-order valence-electron chi connectivity index (χ2n) is 5.13. The van der Waals surface area contributed by atoms with Crippen LogP contribution in [0.1, 0.15) is 10.6 Å². The van der Waals surface area contributed by atoms with Gasteiger partial charge in [0.2, 0.25) is 5.09 Å². The van der Waals surface area contributed by atoms with E-state index in [1.54, 1.807) is 0 Å². The molecule has 1 saturated heterocycles. The van der Waals surface area contributed by atoms with Crippen LogP contribution in [0.4, 0.5) is 13.2 Å². The molecule has 1 amide bonds. The van der Waals surface area contributed by atoms with Crippen LogP contribution < -0.4 is 4.72 Å². The smallest absolute Gasteiger partial charge is 0.394 e. The Balaban J connectivity index is 2.24. The first-order valence-electron chi connectivity index (χ1n) is 6.59. The number of nitrogens with one attached hydrogen (secondary N) is 1. The number of carboxylic acid groups (broad SMARTS) is 1. The Hall–Kier alpha value is -2.08. The molecule has 2 atom stereocenters. The number of halogens is 3. The molecule has 1 aromatic heterocycles. The van der Waals surface area contributed by atoms with E-state index in [1.165, 1.54) is 0 Å². The number of carboxylic acids is 1. The van der Waals surface area contributed by atoms with Gasteiger partial charge in [-0.25, -0.2) is 13.1 Å². The Bertz CT molecular complexity index is 757. The topological polar surface area (TPSA) is 117 Å². The third kappa shape index (κ3) is 3.38. The van der Waals surface area contributed by atoms with Crippen molar-refractivity contribution < 1.29 is 40.7 Å². The molecule has 134 valence electrons. The standard InChI is InChI=1S/C12H13F3N2O6S/c1-16-24(21,22)9-3-2-8(23-9)10(18)17-4-6(11(19)20)7(5-17)12(13,14)15/h2-3,6-7,16H,4-5H2,1H3,(H,19,20)/t6-,7-/m1/s1. The van der Waals surface area contributed by atoms with E-state index < -0.39 is 63.9 Å². The number of hydrogen-bond acceptors (Lipinski definition) is 5. The average Bonchev–Trinajstić information content (AvgIpc) is 3.13. The number of likely N-dealkylation sites (tertiary alicyclic amines) is 1. The summed E-state index contributed by atoms with van der Waals surface area (Å²) in [6.45, 7) is -1.48. The quantitative estimate of drug-likeness (QED) is 0.798. The summed E-state index contributed by atoms with van der Waals surface area (Å²) in [4.78, 5) is 23.8. The predicted molar refractivity (Wildman–Crippen MR) is 71.5 cm³/mol. The molecule has 0 spiro atoms. The Morgan fingerprint density at radius 3 is 2.42 bits per heavy atom. The molecule has 2 N–H and O–H groups in total. The Kier molecular flexibility index (Phi) is 4.63. The fraction of sp³-hybridized carbons (Fsp3) is 0.500. The summed E-state index contributed by atoms with van der Waals surface area (Å²) < 4.78 is 68.6. The van der Waals surface area contributed by atoms with Gasteiger partial charge in [0, 0.05) is 13.1 Å². The van der Waals surface area contributed by atoms with Gasteiger partial charge in [-0.2, -0.15) is 13.2 Å². The van der Waals surface area contributed by atoms with Gasteiger partial charge in [0.15, 0.2) is 5.76 Å². The Morgan fingerprint density at radius 2 is 1.96 bits per heavy atom. The minimum atomic E-state index is -4.78. The van der Waals surface area contributed by atoms with Gasteiger partial charge in [-0.05, 0) is 19.2 Å². The second kappa shape index (κ2) is 6.09. The lowest BCUT2D eigenvalue weighted by molar-refractivity contribution is -0.187. The van der Waals surface area contributed by atoms with Crippen LogP contribution >= 0.6 is 0 Å². The first-order valence-corrected chi connectivity index (χ1v) is 8.08. The van der Waals surface area contributed by atoms with Crippen molar-refractivity contribution in [3.05, 3.63) is 17.9 Å². The molecule has 0 saturated carbocycles. The zero-order valence-corrected chi connectivity index (χ0v) is 13.0. The molecular weight excluding hydrogens is 357 g/mol. The van der Waals surface area contributed by atoms with Gasteiger partial charge in [0.25, 0.3) is 15.9 Å². The number of alkyl halides is 3. The van der Waals surface area contributed by atoms with Gasteiger partial charge >= 0.3 is 12.1 Å². The molecular formula is C12H13F3N2O6S. The fourth-order valence-corrected chi connectivity index (χ4v) is 3.04. The highest BCUT2D eigenvalue weighted by molar-refractivity contribution is 7.89. The first-order chi connectivity index (χ1) is 11.0. The number of furan rings is 1. The molecule has 24 heavy (non-hydrogen) atoms. The molecule has 1 aliphatic rings. The number of sulfonamides is 1. The van der Waals surface area contributed by atoms with E-state index in [9.17, 15) is 31.2 Å². The number of amides is 1. The largest absolute Gasteiger partial charge is 0.481 e. The summed E-state index contributed by atoms with van der Waals surface area (Å²) in [6, 6.07) is 1.98. The second-order valence-corrected chi connectivity index (χ2v) is 6.95. The van der Waals surface area contributed by atoms with Crippen LogP contribution in [0, 0.1) is 11.8 Å². The lowest BCUT2D eigenvalue weighted by Crippen LogP contribution is -2.34. The molecule has 1 aliphatic heterocycles. The summed E-state index contributed by atoms with van der Waals surface area (Å²) in [7, 11) is -2.84. The van der Waals surface area contributed by atoms with Crippen molar-refractivity contribution in [3.63, 3.8) is 0 Å². The number of aliphatic carboxylic acids is 1. The number of carbonyl (C=O) groups is 2. The molecule has 1 fully saturated rings. The van der Waals surface area contributed by atoms with Crippen molar-refractivity contribution in [2.24, 2.45) is 11.8 Å². The van der Waals surface area contributed by atoms with Gasteiger partial charge in [0.1, 0.15) is 0 Å². The molecule has 0 unspecified atom stereocenters. The number of carbonyl (C=O) groups excluding carboxylic acids is 1. The molecule has 2 rings (SSSR count). The summed E-state index contributed by atoms with van der Waals surface area (Å²) >= 11 is 0. The summed E-state index contributed by atoms with van der Waals surface area (Å²) in [6.07, 6.45) is -4.78. The molecule has 2 heterocycles. The monoisotopic (exact) mass is 370 g/mol. The van der Waals surface area contributed by atoms with Gasteiger partial charge in [-0.15, -0.1) is 0 Å². The summed E-state index contributed by atoms with van der Waals surface area (Å²) in [5, 5.41) is 8.34. The highest BCUT2D eigenvalue weighted by Crippen LogP contribution is 2.38. The van der Waals surface area contributed by atoms with Gasteiger partial charge < -0.3 is 14.4 Å². The van der Waals surface area contributed by atoms with Crippen molar-refractivity contribution in [2.45, 2.75) is 11.3 Å². The van der Waals surface area contributed by atoms with E-state index in [0.717, 1.165) is 19.2 Å². The van der Waals surface area contributed by atoms with Crippen LogP contribution in [-0.2, 0) is 14.8 Å². The molecule has 0 bridgehead atoms. The lowest BCUT2D eigenvalue weighted by atomic mass is 9.96. The maximum absolute atomic E-state index is 12.9. The normalized spacial score (nSPS) is 21.9. The van der Waals surface area contributed by atoms with Crippen molar-refractivity contribution in [1.29, 1.82) is 0 Å². The van der Waals surface area contributed by atoms with Crippen LogP contribution in [0.3, 0.4) is 0 Å². The lowest BCUT2D eigenvalue weighted by Gasteiger charge is -2.17. The van der Waals surface area contributed by atoms with Crippen LogP contribution in [0.5, 0.6) is 0 Å². The van der Waals surface area contributed by atoms with Crippen molar-refractivity contribution in [2.75, 3.05) is 20.1 Å². The fourth-order valence-electron chi connectivity index (χ4n) is 2.39. The van der Waals surface area contributed by atoms with Crippen molar-refractivity contribution >= 4 is 21.9 Å². The Morgan fingerprint density at radius 1 is 1.33 bits per heavy atom. The molecule has 0 radical (unpaired) electrons. The van der Waals surface area contributed by atoms with E-state index in [2.05, 4.69) is 0 Å². The first kappa shape index (κ1) is 18.3. The molecule has 8 nitrogen and oxygen atoms in total. The van der Waals surface area contributed by atoms with Gasteiger partial charge in [0.05, 0.1) is 11.8 Å². The van der Waals surface area contributed by atoms with E-state index in [4.69, 9.17) is 9.52 Å². The minimum absolute atomic E-state index is 0.490. The number of nitrogens with zero attached hydrogens (tertiary/aromatic N) is 1. The molecule has 1 aromatic rings. The molecule has 0 aromatic carbocycles. The maximum atomic E-state index is 12.9. The summed E-state index contributed by atoms with van der Waals surface area (Å²) in [5.41, 5.74) is 0. The highest BCUT2D eigenvalue weighted by atomic mass is 32.2. The van der Waals surface area contributed by atoms with Crippen LogP contribution in [0.15, 0.2) is 21.6 Å². The van der Waals surface area contributed by atoms with E-state index >= 15 is 0 Å². The van der Waals surface area contributed by atoms with E-state index in [1.807, 2.05) is 4.72 Å². The SMILES string of the molecule is CNS(=O)(=O)c1ccc(C(=O)N2C[C@@H](C(F)(F)F)[C@H](C(=O)O)C2)o1.